The van der Waals surface area contributed by atoms with E-state index in [-0.39, 0.29) is 5.25 Å². The summed E-state index contributed by atoms with van der Waals surface area (Å²) in [5, 5.41) is 1.24. The van der Waals surface area contributed by atoms with Gasteiger partial charge < -0.3 is 9.47 Å². The van der Waals surface area contributed by atoms with Crippen LogP contribution in [0.4, 0.5) is 4.39 Å². The van der Waals surface area contributed by atoms with Gasteiger partial charge in [0.25, 0.3) is 0 Å². The molecule has 1 saturated heterocycles. The molecule has 1 aliphatic rings. The molecule has 3 rings (SSSR count). The van der Waals surface area contributed by atoms with Crippen molar-refractivity contribution in [3.8, 4) is 0 Å². The van der Waals surface area contributed by atoms with Gasteiger partial charge in [0.15, 0.2) is 6.30 Å². The maximum Gasteiger partial charge on any atom is 0.187 e. The van der Waals surface area contributed by atoms with Crippen molar-refractivity contribution in [2.75, 3.05) is 6.61 Å². The molecule has 25 heavy (non-hydrogen) atoms. The van der Waals surface area contributed by atoms with Gasteiger partial charge in [0.1, 0.15) is 6.10 Å². The van der Waals surface area contributed by atoms with E-state index in [1.165, 1.54) is 11.9 Å². The monoisotopic (exact) mass is 401 g/mol. The van der Waals surface area contributed by atoms with E-state index in [1.807, 2.05) is 36.4 Å². The summed E-state index contributed by atoms with van der Waals surface area (Å²) < 4.78 is 28.3. The van der Waals surface area contributed by atoms with Gasteiger partial charge in [-0.1, -0.05) is 59.4 Å². The first kappa shape index (κ1) is 19.0. The molecule has 2 aromatic rings. The summed E-state index contributed by atoms with van der Waals surface area (Å²) in [5.41, 5.74) is 1.98. The average molecular weight is 402 g/mol. The molecule has 7 heteroatoms. The lowest BCUT2D eigenvalue weighted by Gasteiger charge is -2.19. The van der Waals surface area contributed by atoms with Crippen LogP contribution in [0.1, 0.15) is 11.1 Å². The summed E-state index contributed by atoms with van der Waals surface area (Å²) in [6, 6.07) is 14.8. The largest absolute Gasteiger partial charge is 0.375 e. The Morgan fingerprint density at radius 2 is 1.48 bits per heavy atom. The molecular formula is C18H18Cl2FNO2S. The van der Waals surface area contributed by atoms with E-state index >= 15 is 0 Å². The van der Waals surface area contributed by atoms with E-state index in [2.05, 4.69) is 4.72 Å². The molecule has 3 nitrogen and oxygen atoms in total. The topological polar surface area (TPSA) is 30.5 Å². The maximum atomic E-state index is 14.1. The number of hydrogen-bond acceptors (Lipinski definition) is 4. The zero-order valence-corrected chi connectivity index (χ0v) is 15.7. The Kier molecular flexibility index (Phi) is 6.99. The van der Waals surface area contributed by atoms with Crippen LogP contribution in [0.3, 0.4) is 0 Å². The van der Waals surface area contributed by atoms with E-state index in [4.69, 9.17) is 32.7 Å². The lowest BCUT2D eigenvalue weighted by Crippen LogP contribution is -2.34. The Bertz CT molecular complexity index is 672. The Morgan fingerprint density at radius 1 is 0.920 bits per heavy atom. The normalized spacial score (nSPS) is 23.1. The number of nitrogens with one attached hydrogen (secondary N) is 1. The van der Waals surface area contributed by atoms with E-state index in [9.17, 15) is 4.39 Å². The molecule has 1 heterocycles. The Labute approximate surface area is 160 Å². The predicted molar refractivity (Wildman–Crippen MR) is 101 cm³/mol. The van der Waals surface area contributed by atoms with Crippen molar-refractivity contribution < 1.29 is 13.9 Å². The van der Waals surface area contributed by atoms with Crippen LogP contribution < -0.4 is 4.72 Å². The van der Waals surface area contributed by atoms with Crippen LogP contribution in [-0.4, -0.2) is 24.3 Å². The first-order chi connectivity index (χ1) is 12.1. The Hall–Kier alpha value is -0.820. The lowest BCUT2D eigenvalue weighted by molar-refractivity contribution is -0.0234. The fourth-order valence-corrected chi connectivity index (χ4v) is 3.65. The standard InChI is InChI=1S/C18H18Cl2FNO2S/c19-14-5-1-12(2-6-14)9-23-11-16-17(18(21)22-25-16)24-10-13-3-7-15(20)8-4-13/h1-8,16-18,22H,9-11H2/t16-,17-,18-/m1/s1. The molecule has 3 atom stereocenters. The van der Waals surface area contributed by atoms with Crippen LogP contribution in [0.2, 0.25) is 10.0 Å². The minimum absolute atomic E-state index is 0.116. The summed E-state index contributed by atoms with van der Waals surface area (Å²) in [6.07, 6.45) is -1.78. The number of rotatable bonds is 7. The minimum Gasteiger partial charge on any atom is -0.375 e. The predicted octanol–water partition coefficient (Wildman–Crippen LogP) is 5.01. The molecule has 0 aliphatic carbocycles. The highest BCUT2D eigenvalue weighted by atomic mass is 35.5. The molecule has 0 bridgehead atoms. The lowest BCUT2D eigenvalue weighted by atomic mass is 10.2. The quantitative estimate of drug-likeness (QED) is 0.521. The van der Waals surface area contributed by atoms with E-state index in [0.29, 0.717) is 29.9 Å². The van der Waals surface area contributed by atoms with Gasteiger partial charge in [0.05, 0.1) is 25.1 Å². The molecule has 0 radical (unpaired) electrons. The molecular weight excluding hydrogens is 384 g/mol. The second-order valence-electron chi connectivity index (χ2n) is 5.72. The first-order valence-electron chi connectivity index (χ1n) is 7.85. The number of halogens is 3. The van der Waals surface area contributed by atoms with Crippen molar-refractivity contribution in [1.82, 2.24) is 4.72 Å². The SMILES string of the molecule is F[C@@H]1NS[C@H](COCc2ccc(Cl)cc2)[C@H]1OCc1ccc(Cl)cc1. The average Bonchev–Trinajstić information content (AvgIpc) is 2.96. The highest BCUT2D eigenvalue weighted by Gasteiger charge is 2.38. The molecule has 134 valence electrons. The summed E-state index contributed by atoms with van der Waals surface area (Å²) in [7, 11) is 0. The fraction of sp³-hybridized carbons (Fsp3) is 0.333. The number of benzene rings is 2. The van der Waals surface area contributed by atoms with Crippen LogP contribution in [0.5, 0.6) is 0 Å². The van der Waals surface area contributed by atoms with Gasteiger partial charge in [-0.05, 0) is 35.4 Å². The molecule has 1 aliphatic heterocycles. The highest BCUT2D eigenvalue weighted by Crippen LogP contribution is 2.28. The van der Waals surface area contributed by atoms with Crippen LogP contribution in [0.15, 0.2) is 48.5 Å². The summed E-state index contributed by atoms with van der Waals surface area (Å²) >= 11 is 13.0. The van der Waals surface area contributed by atoms with Gasteiger partial charge in [0.2, 0.25) is 0 Å². The maximum absolute atomic E-state index is 14.1. The Balaban J connectivity index is 1.48. The second kappa shape index (κ2) is 9.21. The summed E-state index contributed by atoms with van der Waals surface area (Å²) in [6.45, 7) is 1.18. The molecule has 0 saturated carbocycles. The Morgan fingerprint density at radius 3 is 2.08 bits per heavy atom. The first-order valence-corrected chi connectivity index (χ1v) is 9.49. The van der Waals surface area contributed by atoms with E-state index in [1.54, 1.807) is 12.1 Å². The zero-order chi connectivity index (χ0) is 17.6. The fourth-order valence-electron chi connectivity index (χ4n) is 2.44. The second-order valence-corrected chi connectivity index (χ2v) is 7.67. The third-order valence-corrected chi connectivity index (χ3v) is 5.38. The summed E-state index contributed by atoms with van der Waals surface area (Å²) in [5.74, 6) is 0. The van der Waals surface area contributed by atoms with Gasteiger partial charge in [-0.3, -0.25) is 0 Å². The smallest absolute Gasteiger partial charge is 0.187 e. The molecule has 1 N–H and O–H groups in total. The molecule has 2 aromatic carbocycles. The van der Waals surface area contributed by atoms with Crippen molar-refractivity contribution in [3.05, 3.63) is 69.7 Å². The van der Waals surface area contributed by atoms with Crippen LogP contribution >= 0.6 is 35.1 Å². The number of hydrogen-bond donors (Lipinski definition) is 1. The third-order valence-electron chi connectivity index (χ3n) is 3.81. The van der Waals surface area contributed by atoms with Crippen molar-refractivity contribution in [3.63, 3.8) is 0 Å². The number of ether oxygens (including phenoxy) is 2. The van der Waals surface area contributed by atoms with Crippen LogP contribution in [0.25, 0.3) is 0 Å². The minimum atomic E-state index is -1.22. The summed E-state index contributed by atoms with van der Waals surface area (Å²) in [4.78, 5) is 0. The van der Waals surface area contributed by atoms with Gasteiger partial charge >= 0.3 is 0 Å². The highest BCUT2D eigenvalue weighted by molar-refractivity contribution is 7.98. The van der Waals surface area contributed by atoms with Gasteiger partial charge in [-0.15, -0.1) is 0 Å². The number of alkyl halides is 1. The van der Waals surface area contributed by atoms with Gasteiger partial charge in [0, 0.05) is 10.0 Å². The van der Waals surface area contributed by atoms with Crippen molar-refractivity contribution in [2.45, 2.75) is 30.9 Å². The van der Waals surface area contributed by atoms with Crippen LogP contribution in [0, 0.1) is 0 Å². The van der Waals surface area contributed by atoms with E-state index in [0.717, 1.165) is 11.1 Å². The van der Waals surface area contributed by atoms with Crippen LogP contribution in [-0.2, 0) is 22.7 Å². The van der Waals surface area contributed by atoms with Crippen molar-refractivity contribution >= 4 is 35.1 Å². The molecule has 0 unspecified atom stereocenters. The molecule has 0 spiro atoms. The van der Waals surface area contributed by atoms with Gasteiger partial charge in [-0.25, -0.2) is 9.11 Å². The molecule has 1 fully saturated rings. The van der Waals surface area contributed by atoms with Crippen molar-refractivity contribution in [1.29, 1.82) is 0 Å². The van der Waals surface area contributed by atoms with Gasteiger partial charge in [-0.2, -0.15) is 0 Å². The molecule has 0 amide bonds. The zero-order valence-electron chi connectivity index (χ0n) is 13.3. The molecule has 0 aromatic heterocycles. The van der Waals surface area contributed by atoms with E-state index < -0.39 is 12.4 Å². The third kappa shape index (κ3) is 5.58. The van der Waals surface area contributed by atoms with Crippen molar-refractivity contribution in [2.24, 2.45) is 0 Å².